The fourth-order valence-corrected chi connectivity index (χ4v) is 4.77. The zero-order valence-corrected chi connectivity index (χ0v) is 19.3. The van der Waals surface area contributed by atoms with Gasteiger partial charge in [-0.3, -0.25) is 14.3 Å². The van der Waals surface area contributed by atoms with E-state index >= 15 is 0 Å². The lowest BCUT2D eigenvalue weighted by atomic mass is 9.85. The van der Waals surface area contributed by atoms with Crippen molar-refractivity contribution < 1.29 is 9.53 Å². The van der Waals surface area contributed by atoms with Crippen LogP contribution in [0.3, 0.4) is 0 Å². The van der Waals surface area contributed by atoms with E-state index in [0.717, 1.165) is 12.8 Å². The number of fused-ring (bicyclic) bond motifs is 1. The summed E-state index contributed by atoms with van der Waals surface area (Å²) in [5, 5.41) is 11.9. The molecule has 0 saturated carbocycles. The predicted molar refractivity (Wildman–Crippen MR) is 129 cm³/mol. The molecule has 11 heteroatoms. The molecule has 2 unspecified atom stereocenters. The van der Waals surface area contributed by atoms with Gasteiger partial charge in [0.2, 0.25) is 5.91 Å². The highest BCUT2D eigenvalue weighted by molar-refractivity contribution is 5.91. The van der Waals surface area contributed by atoms with Crippen LogP contribution >= 0.6 is 0 Å². The standard InChI is InChI=1S/C24H26N8O3/c1-3-18(33)31-11-4-6-15(13-31)32-21-19(22(25)28-29-23(21)34)20(30-32)17-8-7-16(12-14(17)2)35-24-26-9-5-10-27-24/h3,5,7-10,12,14-15,17H,1,4,6,11,13H2,2H3,(H2,25,28)(H,29,34)/t14?,15-,17?/m1/s1. The average Bonchev–Trinajstić information content (AvgIpc) is 3.28. The first-order valence-electron chi connectivity index (χ1n) is 11.5. The van der Waals surface area contributed by atoms with Gasteiger partial charge in [-0.05, 0) is 43.1 Å². The molecule has 11 nitrogen and oxygen atoms in total. The van der Waals surface area contributed by atoms with Gasteiger partial charge in [-0.15, -0.1) is 0 Å². The number of ether oxygens (including phenoxy) is 1. The molecular weight excluding hydrogens is 448 g/mol. The van der Waals surface area contributed by atoms with Gasteiger partial charge in [0.15, 0.2) is 5.82 Å². The Bertz CT molecular complexity index is 1390. The van der Waals surface area contributed by atoms with Crippen molar-refractivity contribution in [3.05, 3.63) is 71.1 Å². The van der Waals surface area contributed by atoms with Gasteiger partial charge >= 0.3 is 6.01 Å². The molecule has 1 aliphatic carbocycles. The van der Waals surface area contributed by atoms with Crippen molar-refractivity contribution >= 4 is 22.6 Å². The number of allylic oxidation sites excluding steroid dienone is 3. The summed E-state index contributed by atoms with van der Waals surface area (Å²) in [6, 6.07) is 1.82. The minimum atomic E-state index is -0.367. The number of carbonyl (C=O) groups is 1. The summed E-state index contributed by atoms with van der Waals surface area (Å²) in [5.74, 6) is 0.515. The molecule has 0 spiro atoms. The van der Waals surface area contributed by atoms with E-state index in [9.17, 15) is 9.59 Å². The van der Waals surface area contributed by atoms with Crippen LogP contribution in [-0.2, 0) is 4.79 Å². The first-order valence-corrected chi connectivity index (χ1v) is 11.5. The van der Waals surface area contributed by atoms with Gasteiger partial charge in [0, 0.05) is 31.4 Å². The number of hydrogen-bond acceptors (Lipinski definition) is 8. The van der Waals surface area contributed by atoms with Crippen molar-refractivity contribution in [2.75, 3.05) is 18.8 Å². The Morgan fingerprint density at radius 2 is 2.14 bits per heavy atom. The number of nitrogens with two attached hydrogens (primary N) is 1. The number of H-pyrrole nitrogens is 1. The van der Waals surface area contributed by atoms with Crippen LogP contribution in [0.2, 0.25) is 0 Å². The minimum absolute atomic E-state index is 0.0193. The smallest absolute Gasteiger partial charge is 0.321 e. The van der Waals surface area contributed by atoms with Crippen molar-refractivity contribution in [3.8, 4) is 6.01 Å². The zero-order valence-electron chi connectivity index (χ0n) is 19.3. The molecule has 2 aliphatic rings. The number of carbonyl (C=O) groups excluding carboxylic acids is 1. The lowest BCUT2D eigenvalue weighted by Crippen LogP contribution is -2.40. The highest BCUT2D eigenvalue weighted by atomic mass is 16.5. The van der Waals surface area contributed by atoms with E-state index in [4.69, 9.17) is 15.6 Å². The minimum Gasteiger partial charge on any atom is -0.425 e. The fourth-order valence-electron chi connectivity index (χ4n) is 4.77. The summed E-state index contributed by atoms with van der Waals surface area (Å²) in [6.45, 7) is 6.71. The maximum Gasteiger partial charge on any atom is 0.321 e. The van der Waals surface area contributed by atoms with Gasteiger partial charge in [-0.25, -0.2) is 15.1 Å². The Labute approximate surface area is 201 Å². The molecule has 0 radical (unpaired) electrons. The molecule has 3 N–H and O–H groups in total. The summed E-state index contributed by atoms with van der Waals surface area (Å²) < 4.78 is 7.49. The number of nitrogens with one attached hydrogen (secondary N) is 1. The lowest BCUT2D eigenvalue weighted by Gasteiger charge is -2.32. The second-order valence-electron chi connectivity index (χ2n) is 8.72. The maximum absolute atomic E-state index is 12.9. The van der Waals surface area contributed by atoms with E-state index in [-0.39, 0.29) is 41.2 Å². The average molecular weight is 475 g/mol. The van der Waals surface area contributed by atoms with Crippen LogP contribution in [0.5, 0.6) is 6.01 Å². The third-order valence-corrected chi connectivity index (χ3v) is 6.44. The summed E-state index contributed by atoms with van der Waals surface area (Å²) in [6.07, 6.45) is 11.9. The van der Waals surface area contributed by atoms with Crippen LogP contribution in [-0.4, -0.2) is 53.8 Å². The quantitative estimate of drug-likeness (QED) is 0.535. The van der Waals surface area contributed by atoms with Crippen LogP contribution in [0.15, 0.2) is 59.9 Å². The van der Waals surface area contributed by atoms with E-state index in [0.29, 0.717) is 35.4 Å². The summed E-state index contributed by atoms with van der Waals surface area (Å²) in [5.41, 5.74) is 6.92. The van der Waals surface area contributed by atoms with E-state index in [2.05, 4.69) is 26.7 Å². The number of nitrogen functional groups attached to an aromatic ring is 1. The van der Waals surface area contributed by atoms with E-state index in [1.165, 1.54) is 6.08 Å². The molecule has 0 aromatic carbocycles. The molecule has 35 heavy (non-hydrogen) atoms. The number of amides is 1. The molecule has 3 aromatic rings. The van der Waals surface area contributed by atoms with Crippen LogP contribution in [0.4, 0.5) is 5.82 Å². The first-order chi connectivity index (χ1) is 17.0. The number of hydrogen-bond donors (Lipinski definition) is 2. The SMILES string of the molecule is C=CC(=O)N1CCC[C@@H](n2nc(C3C=CC(Oc4ncccn4)=CC3C)c3c(N)n[nH]c(=O)c32)C1. The molecule has 1 aliphatic heterocycles. The molecule has 3 aromatic heterocycles. The molecule has 4 heterocycles. The Kier molecular flexibility index (Phi) is 5.89. The highest BCUT2D eigenvalue weighted by Gasteiger charge is 2.32. The second-order valence-corrected chi connectivity index (χ2v) is 8.72. The van der Waals surface area contributed by atoms with Crippen LogP contribution in [0, 0.1) is 5.92 Å². The zero-order chi connectivity index (χ0) is 24.5. The summed E-state index contributed by atoms with van der Waals surface area (Å²) >= 11 is 0. The van der Waals surface area contributed by atoms with Crippen LogP contribution in [0.1, 0.15) is 37.4 Å². The summed E-state index contributed by atoms with van der Waals surface area (Å²) in [4.78, 5) is 35.1. The number of likely N-dealkylation sites (tertiary alicyclic amines) is 1. The number of piperidine rings is 1. The van der Waals surface area contributed by atoms with Crippen molar-refractivity contribution in [1.82, 2.24) is 34.8 Å². The van der Waals surface area contributed by atoms with E-state index < -0.39 is 0 Å². The number of rotatable bonds is 5. The maximum atomic E-state index is 12.9. The molecule has 1 amide bonds. The Hall–Kier alpha value is -4.28. The third kappa shape index (κ3) is 4.20. The predicted octanol–water partition coefficient (Wildman–Crippen LogP) is 2.09. The molecule has 0 bridgehead atoms. The number of anilines is 1. The second kappa shape index (κ2) is 9.16. The van der Waals surface area contributed by atoms with Gasteiger partial charge in [-0.1, -0.05) is 19.6 Å². The first kappa shape index (κ1) is 22.5. The monoisotopic (exact) mass is 474 g/mol. The van der Waals surface area contributed by atoms with Gasteiger partial charge < -0.3 is 15.4 Å². The van der Waals surface area contributed by atoms with Crippen LogP contribution in [0.25, 0.3) is 10.9 Å². The largest absolute Gasteiger partial charge is 0.425 e. The molecule has 5 rings (SSSR count). The topological polar surface area (TPSA) is 145 Å². The molecule has 1 saturated heterocycles. The Morgan fingerprint density at radius 1 is 1.34 bits per heavy atom. The van der Waals surface area contributed by atoms with Crippen molar-refractivity contribution in [3.63, 3.8) is 0 Å². The van der Waals surface area contributed by atoms with Gasteiger partial charge in [-0.2, -0.15) is 10.2 Å². The van der Waals surface area contributed by atoms with Crippen LogP contribution < -0.4 is 16.0 Å². The van der Waals surface area contributed by atoms with Gasteiger partial charge in [0.1, 0.15) is 11.3 Å². The summed E-state index contributed by atoms with van der Waals surface area (Å²) in [7, 11) is 0. The molecule has 3 atom stereocenters. The molecular formula is C24H26N8O3. The lowest BCUT2D eigenvalue weighted by molar-refractivity contribution is -0.127. The Balaban J connectivity index is 1.51. The number of aromatic amines is 1. The Morgan fingerprint density at radius 3 is 2.89 bits per heavy atom. The highest BCUT2D eigenvalue weighted by Crippen LogP contribution is 2.37. The van der Waals surface area contributed by atoms with Crippen molar-refractivity contribution in [2.24, 2.45) is 5.92 Å². The molecule has 1 fully saturated rings. The number of aromatic nitrogens is 6. The van der Waals surface area contributed by atoms with Crippen molar-refractivity contribution in [1.29, 1.82) is 0 Å². The molecule has 180 valence electrons. The van der Waals surface area contributed by atoms with E-state index in [1.54, 1.807) is 28.0 Å². The third-order valence-electron chi connectivity index (χ3n) is 6.44. The van der Waals surface area contributed by atoms with Gasteiger partial charge in [0.25, 0.3) is 5.56 Å². The number of nitrogens with zero attached hydrogens (tertiary/aromatic N) is 6. The van der Waals surface area contributed by atoms with Crippen molar-refractivity contribution in [2.45, 2.75) is 31.7 Å². The normalized spacial score (nSPS) is 22.1. The van der Waals surface area contributed by atoms with Gasteiger partial charge in [0.05, 0.1) is 17.1 Å². The fraction of sp³-hybridized carbons (Fsp3) is 0.333. The van der Waals surface area contributed by atoms with E-state index in [1.807, 2.05) is 25.2 Å².